The molecule has 0 saturated carbocycles. The Kier molecular flexibility index (Phi) is 8.64. The zero-order valence-electron chi connectivity index (χ0n) is 23.2. The third-order valence-corrected chi connectivity index (χ3v) is 6.21. The van der Waals surface area contributed by atoms with Crippen LogP contribution >= 0.6 is 0 Å². The van der Waals surface area contributed by atoms with Gasteiger partial charge in [-0.2, -0.15) is 0 Å². The van der Waals surface area contributed by atoms with E-state index in [1.807, 2.05) is 0 Å². The molecule has 4 rings (SSSR count). The molecule has 9 nitrogen and oxygen atoms in total. The first-order valence-electron chi connectivity index (χ1n) is 13.1. The lowest BCUT2D eigenvalue weighted by molar-refractivity contribution is -0.274. The number of carbonyl (C=O) groups is 3. The van der Waals surface area contributed by atoms with Gasteiger partial charge in [0.2, 0.25) is 0 Å². The number of amides is 3. The molecule has 0 aliphatic carbocycles. The fourth-order valence-electron chi connectivity index (χ4n) is 4.26. The highest BCUT2D eigenvalue weighted by molar-refractivity contribution is 6.05. The minimum absolute atomic E-state index is 0.114. The van der Waals surface area contributed by atoms with E-state index in [2.05, 4.69) is 10.1 Å². The molecule has 1 saturated heterocycles. The number of anilines is 1. The Labute approximate surface area is 240 Å². The van der Waals surface area contributed by atoms with Gasteiger partial charge in [0.1, 0.15) is 17.1 Å². The molecule has 12 heteroatoms. The van der Waals surface area contributed by atoms with Crippen molar-refractivity contribution >= 4 is 23.6 Å². The quantitative estimate of drug-likeness (QED) is 0.386. The summed E-state index contributed by atoms with van der Waals surface area (Å²) in [5.74, 6) is -1.37. The van der Waals surface area contributed by atoms with Gasteiger partial charge >= 0.3 is 12.5 Å². The summed E-state index contributed by atoms with van der Waals surface area (Å²) in [6, 6.07) is 15.6. The number of rotatable bonds is 5. The molecular weight excluding hydrogens is 555 g/mol. The van der Waals surface area contributed by atoms with Crippen molar-refractivity contribution in [3.63, 3.8) is 0 Å². The number of halogens is 3. The fourth-order valence-corrected chi connectivity index (χ4v) is 4.26. The van der Waals surface area contributed by atoms with Crippen LogP contribution in [0.15, 0.2) is 66.7 Å². The van der Waals surface area contributed by atoms with Crippen LogP contribution in [0.4, 0.5) is 23.7 Å². The number of hydrogen-bond donors (Lipinski definition) is 2. The lowest BCUT2D eigenvalue weighted by atomic mass is 10.0. The van der Waals surface area contributed by atoms with E-state index in [0.717, 1.165) is 12.1 Å². The van der Waals surface area contributed by atoms with Gasteiger partial charge in [-0.3, -0.25) is 9.59 Å². The summed E-state index contributed by atoms with van der Waals surface area (Å²) < 4.78 is 46.3. The summed E-state index contributed by atoms with van der Waals surface area (Å²) in [6.45, 7) is 6.83. The van der Waals surface area contributed by atoms with Crippen LogP contribution in [0, 0.1) is 0 Å². The molecule has 3 amide bonds. The van der Waals surface area contributed by atoms with Gasteiger partial charge in [0, 0.05) is 43.0 Å². The van der Waals surface area contributed by atoms with E-state index in [4.69, 9.17) is 4.74 Å². The SMILES string of the molecule is CC(C)(C)OC(=O)N1CCN(C(=O)c2ccc(-c3cc(O)cc(C(=O)Nc4ccc(OC(F)(F)F)cc4)c3)cc2)CC1. The van der Waals surface area contributed by atoms with Crippen molar-refractivity contribution < 1.29 is 42.1 Å². The molecule has 3 aromatic carbocycles. The van der Waals surface area contributed by atoms with Crippen LogP contribution in [-0.4, -0.2) is 71.0 Å². The molecule has 222 valence electrons. The van der Waals surface area contributed by atoms with Crippen LogP contribution in [0.1, 0.15) is 41.5 Å². The van der Waals surface area contributed by atoms with Crippen LogP contribution in [0.3, 0.4) is 0 Å². The smallest absolute Gasteiger partial charge is 0.508 e. The summed E-state index contributed by atoms with van der Waals surface area (Å²) in [5, 5.41) is 12.8. The number of phenols is 1. The Hall–Kier alpha value is -4.74. The van der Waals surface area contributed by atoms with E-state index in [1.54, 1.807) is 60.9 Å². The lowest BCUT2D eigenvalue weighted by Gasteiger charge is -2.35. The predicted octanol–water partition coefficient (Wildman–Crippen LogP) is 5.90. The van der Waals surface area contributed by atoms with Crippen LogP contribution < -0.4 is 10.1 Å². The van der Waals surface area contributed by atoms with Gasteiger partial charge in [-0.1, -0.05) is 12.1 Å². The average molecular weight is 586 g/mol. The van der Waals surface area contributed by atoms with Crippen LogP contribution in [0.2, 0.25) is 0 Å². The molecule has 0 atom stereocenters. The van der Waals surface area contributed by atoms with Gasteiger partial charge in [0.25, 0.3) is 11.8 Å². The minimum atomic E-state index is -4.83. The standard InChI is InChI=1S/C30H30F3N3O6/c1-29(2,3)42-28(40)36-14-12-35(13-15-36)27(39)20-6-4-19(5-7-20)21-16-22(18-24(37)17-21)26(38)34-23-8-10-25(11-9-23)41-30(31,32)33/h4-11,16-18,37H,12-15H2,1-3H3,(H,34,38). The number of alkyl halides is 3. The number of hydrogen-bond acceptors (Lipinski definition) is 6. The Morgan fingerprint density at radius 3 is 1.95 bits per heavy atom. The van der Waals surface area contributed by atoms with E-state index in [-0.39, 0.29) is 22.9 Å². The number of piperazine rings is 1. The predicted molar refractivity (Wildman–Crippen MR) is 148 cm³/mol. The molecule has 0 spiro atoms. The molecule has 2 N–H and O–H groups in total. The first kappa shape index (κ1) is 30.2. The second-order valence-electron chi connectivity index (χ2n) is 10.6. The number of phenolic OH excluding ortho intramolecular Hbond substituents is 1. The van der Waals surface area contributed by atoms with E-state index >= 15 is 0 Å². The maximum absolute atomic E-state index is 13.0. The Bertz CT molecular complexity index is 1440. The highest BCUT2D eigenvalue weighted by Crippen LogP contribution is 2.28. The molecule has 0 bridgehead atoms. The van der Waals surface area contributed by atoms with Gasteiger partial charge in [0.15, 0.2) is 0 Å². The van der Waals surface area contributed by atoms with Gasteiger partial charge in [-0.15, -0.1) is 13.2 Å². The molecule has 1 aliphatic rings. The van der Waals surface area contributed by atoms with Gasteiger partial charge in [0.05, 0.1) is 0 Å². The highest BCUT2D eigenvalue weighted by atomic mass is 19.4. The summed E-state index contributed by atoms with van der Waals surface area (Å²) in [4.78, 5) is 41.4. The van der Waals surface area contributed by atoms with Gasteiger partial charge in [-0.05, 0) is 86.5 Å². The zero-order chi connectivity index (χ0) is 30.7. The topological polar surface area (TPSA) is 108 Å². The van der Waals surface area contributed by atoms with Crippen molar-refractivity contribution in [1.29, 1.82) is 0 Å². The first-order chi connectivity index (χ1) is 19.7. The number of carbonyl (C=O) groups excluding carboxylic acids is 3. The largest absolute Gasteiger partial charge is 0.573 e. The number of nitrogens with one attached hydrogen (secondary N) is 1. The summed E-state index contributed by atoms with van der Waals surface area (Å²) >= 11 is 0. The summed E-state index contributed by atoms with van der Waals surface area (Å²) in [5.41, 5.74) is 1.34. The van der Waals surface area contributed by atoms with E-state index in [1.165, 1.54) is 24.3 Å². The molecular formula is C30H30F3N3O6. The maximum atomic E-state index is 13.0. The number of benzene rings is 3. The van der Waals surface area contributed by atoms with Crippen LogP contribution in [-0.2, 0) is 4.74 Å². The van der Waals surface area contributed by atoms with Crippen LogP contribution in [0.25, 0.3) is 11.1 Å². The Balaban J connectivity index is 1.39. The highest BCUT2D eigenvalue weighted by Gasteiger charge is 2.31. The van der Waals surface area contributed by atoms with Crippen molar-refractivity contribution in [3.8, 4) is 22.6 Å². The number of ether oxygens (including phenoxy) is 2. The van der Waals surface area contributed by atoms with Crippen molar-refractivity contribution in [2.45, 2.75) is 32.7 Å². The average Bonchev–Trinajstić information content (AvgIpc) is 2.92. The van der Waals surface area contributed by atoms with Crippen molar-refractivity contribution in [3.05, 3.63) is 77.9 Å². The molecule has 42 heavy (non-hydrogen) atoms. The second-order valence-corrected chi connectivity index (χ2v) is 10.6. The number of aromatic hydroxyl groups is 1. The van der Waals surface area contributed by atoms with Crippen molar-refractivity contribution in [2.24, 2.45) is 0 Å². The van der Waals surface area contributed by atoms with Crippen molar-refractivity contribution in [2.75, 3.05) is 31.5 Å². The van der Waals surface area contributed by atoms with Crippen LogP contribution in [0.5, 0.6) is 11.5 Å². The molecule has 0 unspecified atom stereocenters. The third kappa shape index (κ3) is 8.15. The maximum Gasteiger partial charge on any atom is 0.573 e. The summed E-state index contributed by atoms with van der Waals surface area (Å²) in [7, 11) is 0. The van der Waals surface area contributed by atoms with Crippen molar-refractivity contribution in [1.82, 2.24) is 9.80 Å². The van der Waals surface area contributed by atoms with E-state index in [0.29, 0.717) is 42.9 Å². The summed E-state index contributed by atoms with van der Waals surface area (Å²) in [6.07, 6.45) is -5.24. The van der Waals surface area contributed by atoms with Gasteiger partial charge < -0.3 is 29.7 Å². The molecule has 1 heterocycles. The fraction of sp³-hybridized carbons (Fsp3) is 0.300. The zero-order valence-corrected chi connectivity index (χ0v) is 23.2. The second kappa shape index (κ2) is 12.0. The molecule has 0 aromatic heterocycles. The molecule has 1 aliphatic heterocycles. The Morgan fingerprint density at radius 2 is 1.38 bits per heavy atom. The number of nitrogens with zero attached hydrogens (tertiary/aromatic N) is 2. The monoisotopic (exact) mass is 585 g/mol. The molecule has 1 fully saturated rings. The minimum Gasteiger partial charge on any atom is -0.508 e. The molecule has 0 radical (unpaired) electrons. The van der Waals surface area contributed by atoms with E-state index in [9.17, 15) is 32.7 Å². The van der Waals surface area contributed by atoms with Gasteiger partial charge in [-0.25, -0.2) is 4.79 Å². The normalized spacial score (nSPS) is 13.9. The van der Waals surface area contributed by atoms with E-state index < -0.39 is 29.7 Å². The third-order valence-electron chi connectivity index (χ3n) is 6.21. The Morgan fingerprint density at radius 1 is 0.786 bits per heavy atom. The first-order valence-corrected chi connectivity index (χ1v) is 13.1. The molecule has 3 aromatic rings. The lowest BCUT2D eigenvalue weighted by Crippen LogP contribution is -2.51.